The molecule has 0 aliphatic heterocycles. The number of imidazole rings is 1. The van der Waals surface area contributed by atoms with E-state index in [1.807, 2.05) is 36.5 Å². The van der Waals surface area contributed by atoms with Gasteiger partial charge in [-0.25, -0.2) is 4.98 Å². The van der Waals surface area contributed by atoms with Gasteiger partial charge in [0.1, 0.15) is 5.82 Å². The third-order valence-electron chi connectivity index (χ3n) is 3.53. The summed E-state index contributed by atoms with van der Waals surface area (Å²) in [6, 6.07) is 13.6. The maximum absolute atomic E-state index is 11.9. The summed E-state index contributed by atoms with van der Waals surface area (Å²) in [5, 5.41) is 2.91. The van der Waals surface area contributed by atoms with Crippen molar-refractivity contribution in [3.63, 3.8) is 0 Å². The fourth-order valence-electron chi connectivity index (χ4n) is 2.39. The summed E-state index contributed by atoms with van der Waals surface area (Å²) >= 11 is 0. The smallest absolute Gasteiger partial charge is 0.252 e. The lowest BCUT2D eigenvalue weighted by molar-refractivity contribution is 0.0952. The molecule has 2 aromatic heterocycles. The quantitative estimate of drug-likeness (QED) is 0.712. The van der Waals surface area contributed by atoms with E-state index in [-0.39, 0.29) is 5.91 Å². The zero-order valence-corrected chi connectivity index (χ0v) is 12.7. The molecule has 0 saturated heterocycles. The molecule has 0 fully saturated rings. The fraction of sp³-hybridized carbons (Fsp3) is 0.167. The van der Waals surface area contributed by atoms with E-state index in [0.29, 0.717) is 12.1 Å². The molecule has 5 heteroatoms. The van der Waals surface area contributed by atoms with E-state index in [0.717, 1.165) is 24.4 Å². The molecule has 1 N–H and O–H groups in total. The first-order chi connectivity index (χ1) is 11.3. The number of hydrogen-bond donors (Lipinski definition) is 1. The van der Waals surface area contributed by atoms with Crippen LogP contribution in [-0.2, 0) is 6.54 Å². The highest BCUT2D eigenvalue weighted by Gasteiger charge is 2.06. The third kappa shape index (κ3) is 3.83. The number of rotatable bonds is 6. The van der Waals surface area contributed by atoms with Crippen molar-refractivity contribution in [2.24, 2.45) is 0 Å². The predicted molar refractivity (Wildman–Crippen MR) is 88.9 cm³/mol. The highest BCUT2D eigenvalue weighted by Crippen LogP contribution is 2.16. The average Bonchev–Trinajstić information content (AvgIpc) is 3.08. The number of benzene rings is 1. The van der Waals surface area contributed by atoms with Crippen LogP contribution in [0.15, 0.2) is 67.3 Å². The molecule has 0 aliphatic rings. The number of carbonyl (C=O) groups excluding carboxylic acids is 1. The number of amides is 1. The van der Waals surface area contributed by atoms with Gasteiger partial charge in [0.15, 0.2) is 0 Å². The zero-order chi connectivity index (χ0) is 15.9. The molecule has 0 unspecified atom stereocenters. The lowest BCUT2D eigenvalue weighted by atomic mass is 10.2. The van der Waals surface area contributed by atoms with Crippen LogP contribution in [0.1, 0.15) is 16.8 Å². The molecular weight excluding hydrogens is 288 g/mol. The highest BCUT2D eigenvalue weighted by atomic mass is 16.1. The third-order valence-corrected chi connectivity index (χ3v) is 3.53. The number of hydrogen-bond acceptors (Lipinski definition) is 3. The van der Waals surface area contributed by atoms with Crippen LogP contribution in [0.25, 0.3) is 11.4 Å². The number of pyridine rings is 1. The molecule has 3 rings (SSSR count). The van der Waals surface area contributed by atoms with Crippen LogP contribution in [0.2, 0.25) is 0 Å². The minimum Gasteiger partial charge on any atom is -0.352 e. The van der Waals surface area contributed by atoms with Crippen LogP contribution < -0.4 is 5.32 Å². The summed E-state index contributed by atoms with van der Waals surface area (Å²) < 4.78 is 2.10. The fourth-order valence-corrected chi connectivity index (χ4v) is 2.39. The SMILES string of the molecule is O=C(NCCCn1ccnc1-c1ccccc1)c1cccnc1. The van der Waals surface area contributed by atoms with Crippen LogP contribution in [0.4, 0.5) is 0 Å². The molecule has 1 aromatic carbocycles. The van der Waals surface area contributed by atoms with Crippen LogP contribution in [0.3, 0.4) is 0 Å². The van der Waals surface area contributed by atoms with Crippen molar-refractivity contribution in [1.82, 2.24) is 19.9 Å². The molecule has 23 heavy (non-hydrogen) atoms. The van der Waals surface area contributed by atoms with Crippen LogP contribution in [-0.4, -0.2) is 27.0 Å². The van der Waals surface area contributed by atoms with E-state index in [4.69, 9.17) is 0 Å². The van der Waals surface area contributed by atoms with Crippen LogP contribution >= 0.6 is 0 Å². The molecule has 0 radical (unpaired) electrons. The summed E-state index contributed by atoms with van der Waals surface area (Å²) in [6.45, 7) is 1.41. The summed E-state index contributed by atoms with van der Waals surface area (Å²) in [5.41, 5.74) is 1.68. The van der Waals surface area contributed by atoms with Gasteiger partial charge in [0, 0.05) is 43.4 Å². The van der Waals surface area contributed by atoms with Gasteiger partial charge in [0.05, 0.1) is 5.56 Å². The number of nitrogens with one attached hydrogen (secondary N) is 1. The van der Waals surface area contributed by atoms with E-state index in [2.05, 4.69) is 19.9 Å². The second kappa shape index (κ2) is 7.35. The topological polar surface area (TPSA) is 59.8 Å². The molecule has 0 atom stereocenters. The average molecular weight is 306 g/mol. The first kappa shape index (κ1) is 15.0. The zero-order valence-electron chi connectivity index (χ0n) is 12.7. The van der Waals surface area contributed by atoms with Crippen molar-refractivity contribution in [3.8, 4) is 11.4 Å². The molecule has 1 amide bonds. The number of carbonyl (C=O) groups is 1. The van der Waals surface area contributed by atoms with Crippen molar-refractivity contribution in [3.05, 3.63) is 72.8 Å². The molecule has 116 valence electrons. The van der Waals surface area contributed by atoms with Crippen molar-refractivity contribution in [2.45, 2.75) is 13.0 Å². The summed E-state index contributed by atoms with van der Waals surface area (Å²) in [6.07, 6.45) is 7.82. The van der Waals surface area contributed by atoms with Crippen molar-refractivity contribution < 1.29 is 4.79 Å². The molecule has 5 nitrogen and oxygen atoms in total. The Morgan fingerprint density at radius 3 is 2.74 bits per heavy atom. The molecular formula is C18H18N4O. The first-order valence-corrected chi connectivity index (χ1v) is 7.59. The van der Waals surface area contributed by atoms with E-state index >= 15 is 0 Å². The second-order valence-corrected chi connectivity index (χ2v) is 5.16. The maximum atomic E-state index is 11.9. The Hall–Kier alpha value is -2.95. The Labute approximate surface area is 135 Å². The summed E-state index contributed by atoms with van der Waals surface area (Å²) in [7, 11) is 0. The Bertz CT molecular complexity index is 753. The second-order valence-electron chi connectivity index (χ2n) is 5.16. The standard InChI is InChI=1S/C18H18N4O/c23-18(16-8-4-9-19-14-16)21-10-5-12-22-13-11-20-17(22)15-6-2-1-3-7-15/h1-4,6-9,11,13-14H,5,10,12H2,(H,21,23). The minimum atomic E-state index is -0.0907. The van der Waals surface area contributed by atoms with E-state index in [1.165, 1.54) is 0 Å². The molecule has 0 spiro atoms. The monoisotopic (exact) mass is 306 g/mol. The lowest BCUT2D eigenvalue weighted by Gasteiger charge is -2.09. The van der Waals surface area contributed by atoms with Crippen molar-refractivity contribution >= 4 is 5.91 Å². The van der Waals surface area contributed by atoms with E-state index < -0.39 is 0 Å². The summed E-state index contributed by atoms with van der Waals surface area (Å²) in [4.78, 5) is 20.3. The molecule has 3 aromatic rings. The molecule has 0 aliphatic carbocycles. The first-order valence-electron chi connectivity index (χ1n) is 7.59. The van der Waals surface area contributed by atoms with Gasteiger partial charge < -0.3 is 9.88 Å². The van der Waals surface area contributed by atoms with Gasteiger partial charge in [-0.05, 0) is 18.6 Å². The van der Waals surface area contributed by atoms with Gasteiger partial charge in [0.2, 0.25) is 0 Å². The van der Waals surface area contributed by atoms with Gasteiger partial charge in [-0.1, -0.05) is 30.3 Å². The molecule has 0 bridgehead atoms. The highest BCUT2D eigenvalue weighted by molar-refractivity contribution is 5.93. The Balaban J connectivity index is 1.52. The van der Waals surface area contributed by atoms with E-state index in [9.17, 15) is 4.79 Å². The van der Waals surface area contributed by atoms with Gasteiger partial charge in [0.25, 0.3) is 5.91 Å². The van der Waals surface area contributed by atoms with Crippen molar-refractivity contribution in [2.75, 3.05) is 6.54 Å². The molecule has 0 saturated carbocycles. The largest absolute Gasteiger partial charge is 0.352 e. The van der Waals surface area contributed by atoms with E-state index in [1.54, 1.807) is 30.7 Å². The Morgan fingerprint density at radius 2 is 1.96 bits per heavy atom. The number of aromatic nitrogens is 3. The van der Waals surface area contributed by atoms with Crippen molar-refractivity contribution in [1.29, 1.82) is 0 Å². The van der Waals surface area contributed by atoms with Gasteiger partial charge >= 0.3 is 0 Å². The Morgan fingerprint density at radius 1 is 1.09 bits per heavy atom. The van der Waals surface area contributed by atoms with Crippen LogP contribution in [0.5, 0.6) is 0 Å². The Kier molecular flexibility index (Phi) is 4.79. The number of nitrogens with zero attached hydrogens (tertiary/aromatic N) is 3. The molecule has 2 heterocycles. The van der Waals surface area contributed by atoms with Gasteiger partial charge in [-0.2, -0.15) is 0 Å². The minimum absolute atomic E-state index is 0.0907. The maximum Gasteiger partial charge on any atom is 0.252 e. The lowest BCUT2D eigenvalue weighted by Crippen LogP contribution is -2.25. The number of aryl methyl sites for hydroxylation is 1. The van der Waals surface area contributed by atoms with Crippen LogP contribution in [0, 0.1) is 0 Å². The summed E-state index contributed by atoms with van der Waals surface area (Å²) in [5.74, 6) is 0.858. The van der Waals surface area contributed by atoms with Gasteiger partial charge in [-0.3, -0.25) is 9.78 Å². The predicted octanol–water partition coefficient (Wildman–Crippen LogP) is 2.77. The normalized spacial score (nSPS) is 10.4. The van der Waals surface area contributed by atoms with Gasteiger partial charge in [-0.15, -0.1) is 0 Å².